The number of carbonyl (C=O) groups excluding carboxylic acids is 1. The number of benzene rings is 1. The SMILES string of the molecule is Cc1ccc(NC(=O)c2ccnc(N3CCCCCC3)c2)cc1Br. The van der Waals surface area contributed by atoms with E-state index in [1.165, 1.54) is 25.7 Å². The van der Waals surface area contributed by atoms with Gasteiger partial charge in [0, 0.05) is 35.0 Å². The highest BCUT2D eigenvalue weighted by Crippen LogP contribution is 2.22. The summed E-state index contributed by atoms with van der Waals surface area (Å²) in [5, 5.41) is 2.95. The summed E-state index contributed by atoms with van der Waals surface area (Å²) in [6.45, 7) is 4.05. The zero-order chi connectivity index (χ0) is 16.9. The van der Waals surface area contributed by atoms with Crippen LogP contribution in [0.25, 0.3) is 0 Å². The second kappa shape index (κ2) is 7.79. The molecular weight excluding hydrogens is 366 g/mol. The molecule has 0 aliphatic carbocycles. The first-order chi connectivity index (χ1) is 11.6. The third-order valence-corrected chi connectivity index (χ3v) is 5.22. The van der Waals surface area contributed by atoms with Crippen LogP contribution in [0.3, 0.4) is 0 Å². The van der Waals surface area contributed by atoms with Crippen LogP contribution in [0, 0.1) is 6.92 Å². The second-order valence-corrected chi connectivity index (χ2v) is 7.08. The van der Waals surface area contributed by atoms with Gasteiger partial charge in [-0.1, -0.05) is 34.8 Å². The Bertz CT molecular complexity index is 724. The van der Waals surface area contributed by atoms with E-state index in [-0.39, 0.29) is 5.91 Å². The van der Waals surface area contributed by atoms with Gasteiger partial charge in [-0.25, -0.2) is 4.98 Å². The lowest BCUT2D eigenvalue weighted by atomic mass is 10.2. The normalized spacial score (nSPS) is 15.0. The minimum Gasteiger partial charge on any atom is -0.357 e. The number of rotatable bonds is 3. The van der Waals surface area contributed by atoms with Crippen molar-refractivity contribution >= 4 is 33.3 Å². The zero-order valence-corrected chi connectivity index (χ0v) is 15.5. The van der Waals surface area contributed by atoms with Crippen LogP contribution in [0.15, 0.2) is 41.0 Å². The van der Waals surface area contributed by atoms with Gasteiger partial charge in [0.2, 0.25) is 0 Å². The van der Waals surface area contributed by atoms with Crippen molar-refractivity contribution in [1.29, 1.82) is 0 Å². The van der Waals surface area contributed by atoms with Gasteiger partial charge in [0.05, 0.1) is 0 Å². The summed E-state index contributed by atoms with van der Waals surface area (Å²) in [4.78, 5) is 19.3. The Kier molecular flexibility index (Phi) is 5.51. The summed E-state index contributed by atoms with van der Waals surface area (Å²) in [6, 6.07) is 9.47. The van der Waals surface area contributed by atoms with Crippen LogP contribution < -0.4 is 10.2 Å². The number of aryl methyl sites for hydroxylation is 1. The first kappa shape index (κ1) is 17.0. The molecule has 2 heterocycles. The van der Waals surface area contributed by atoms with E-state index >= 15 is 0 Å². The Balaban J connectivity index is 1.74. The van der Waals surface area contributed by atoms with Gasteiger partial charge in [0.1, 0.15) is 5.82 Å². The molecule has 1 saturated heterocycles. The number of anilines is 2. The molecule has 1 fully saturated rings. The van der Waals surface area contributed by atoms with E-state index in [2.05, 4.69) is 31.1 Å². The van der Waals surface area contributed by atoms with Gasteiger partial charge in [0.15, 0.2) is 0 Å². The lowest BCUT2D eigenvalue weighted by molar-refractivity contribution is 0.102. The molecule has 1 amide bonds. The molecule has 0 atom stereocenters. The molecule has 1 aliphatic rings. The molecule has 1 aromatic heterocycles. The van der Waals surface area contributed by atoms with Crippen LogP contribution >= 0.6 is 15.9 Å². The number of hydrogen-bond acceptors (Lipinski definition) is 3. The predicted molar refractivity (Wildman–Crippen MR) is 102 cm³/mol. The highest BCUT2D eigenvalue weighted by Gasteiger charge is 2.14. The molecule has 1 aliphatic heterocycles. The number of carbonyl (C=O) groups is 1. The molecule has 3 rings (SSSR count). The van der Waals surface area contributed by atoms with Gasteiger partial charge in [-0.2, -0.15) is 0 Å². The fourth-order valence-electron chi connectivity index (χ4n) is 2.91. The van der Waals surface area contributed by atoms with E-state index in [0.29, 0.717) is 5.56 Å². The Morgan fingerprint density at radius 3 is 2.58 bits per heavy atom. The highest BCUT2D eigenvalue weighted by molar-refractivity contribution is 9.10. The van der Waals surface area contributed by atoms with E-state index in [4.69, 9.17) is 0 Å². The van der Waals surface area contributed by atoms with E-state index in [1.54, 1.807) is 12.3 Å². The third kappa shape index (κ3) is 4.15. The molecule has 0 bridgehead atoms. The fourth-order valence-corrected chi connectivity index (χ4v) is 3.29. The summed E-state index contributed by atoms with van der Waals surface area (Å²) < 4.78 is 0.986. The molecule has 1 N–H and O–H groups in total. The minimum absolute atomic E-state index is 0.107. The molecule has 0 unspecified atom stereocenters. The van der Waals surface area contributed by atoms with Crippen LogP contribution in [0.4, 0.5) is 11.5 Å². The Hall–Kier alpha value is -1.88. The summed E-state index contributed by atoms with van der Waals surface area (Å²) >= 11 is 3.50. The predicted octanol–water partition coefficient (Wildman–Crippen LogP) is 4.79. The summed E-state index contributed by atoms with van der Waals surface area (Å²) in [5.74, 6) is 0.791. The van der Waals surface area contributed by atoms with Gasteiger partial charge >= 0.3 is 0 Å². The number of halogens is 1. The molecule has 0 radical (unpaired) electrons. The maximum absolute atomic E-state index is 12.5. The molecule has 24 heavy (non-hydrogen) atoms. The van der Waals surface area contributed by atoms with E-state index in [9.17, 15) is 4.79 Å². The van der Waals surface area contributed by atoms with Crippen LogP contribution in [0.2, 0.25) is 0 Å². The largest absolute Gasteiger partial charge is 0.357 e. The number of aromatic nitrogens is 1. The van der Waals surface area contributed by atoms with Gasteiger partial charge in [0.25, 0.3) is 5.91 Å². The monoisotopic (exact) mass is 387 g/mol. The molecule has 0 spiro atoms. The maximum Gasteiger partial charge on any atom is 0.255 e. The molecule has 1 aromatic carbocycles. The van der Waals surface area contributed by atoms with Gasteiger partial charge in [-0.15, -0.1) is 0 Å². The van der Waals surface area contributed by atoms with Crippen molar-refractivity contribution in [3.8, 4) is 0 Å². The number of nitrogens with one attached hydrogen (secondary N) is 1. The first-order valence-electron chi connectivity index (χ1n) is 8.42. The third-order valence-electron chi connectivity index (χ3n) is 4.37. The molecule has 126 valence electrons. The number of nitrogens with zero attached hydrogens (tertiary/aromatic N) is 2. The number of amides is 1. The van der Waals surface area contributed by atoms with Crippen molar-refractivity contribution in [3.05, 3.63) is 52.1 Å². The zero-order valence-electron chi connectivity index (χ0n) is 13.9. The van der Waals surface area contributed by atoms with E-state index in [1.807, 2.05) is 31.2 Å². The number of hydrogen-bond donors (Lipinski definition) is 1. The molecule has 0 saturated carbocycles. The average Bonchev–Trinajstić information content (AvgIpc) is 2.88. The van der Waals surface area contributed by atoms with Crippen molar-refractivity contribution in [1.82, 2.24) is 4.98 Å². The molecule has 5 heteroatoms. The Labute approximate surface area is 151 Å². The van der Waals surface area contributed by atoms with E-state index < -0.39 is 0 Å². The average molecular weight is 388 g/mol. The molecule has 2 aromatic rings. The van der Waals surface area contributed by atoms with E-state index in [0.717, 1.165) is 34.6 Å². The van der Waals surface area contributed by atoms with Crippen LogP contribution in [0.5, 0.6) is 0 Å². The van der Waals surface area contributed by atoms with Crippen LogP contribution in [-0.4, -0.2) is 24.0 Å². The summed E-state index contributed by atoms with van der Waals surface area (Å²) in [6.07, 6.45) is 6.66. The quantitative estimate of drug-likeness (QED) is 0.823. The van der Waals surface area contributed by atoms with Crippen LogP contribution in [-0.2, 0) is 0 Å². The van der Waals surface area contributed by atoms with Crippen molar-refractivity contribution < 1.29 is 4.79 Å². The van der Waals surface area contributed by atoms with Crippen LogP contribution in [0.1, 0.15) is 41.6 Å². The first-order valence-corrected chi connectivity index (χ1v) is 9.21. The van der Waals surface area contributed by atoms with Crippen molar-refractivity contribution in [3.63, 3.8) is 0 Å². The standard InChI is InChI=1S/C19H22BrN3O/c1-14-6-7-16(13-17(14)20)22-19(24)15-8-9-21-18(12-15)23-10-4-2-3-5-11-23/h6-9,12-13H,2-5,10-11H2,1H3,(H,22,24). The topological polar surface area (TPSA) is 45.2 Å². The smallest absolute Gasteiger partial charge is 0.255 e. The van der Waals surface area contributed by atoms with Gasteiger partial charge in [-0.3, -0.25) is 4.79 Å². The minimum atomic E-state index is -0.107. The molecule has 4 nitrogen and oxygen atoms in total. The fraction of sp³-hybridized carbons (Fsp3) is 0.368. The van der Waals surface area contributed by atoms with Gasteiger partial charge in [-0.05, 0) is 49.6 Å². The Morgan fingerprint density at radius 2 is 1.88 bits per heavy atom. The summed E-state index contributed by atoms with van der Waals surface area (Å²) in [5.41, 5.74) is 2.56. The lowest BCUT2D eigenvalue weighted by Gasteiger charge is -2.21. The molecular formula is C19H22BrN3O. The van der Waals surface area contributed by atoms with Crippen molar-refractivity contribution in [2.24, 2.45) is 0 Å². The lowest BCUT2D eigenvalue weighted by Crippen LogP contribution is -2.25. The maximum atomic E-state index is 12.5. The summed E-state index contributed by atoms with van der Waals surface area (Å²) in [7, 11) is 0. The Morgan fingerprint density at radius 1 is 1.12 bits per heavy atom. The van der Waals surface area contributed by atoms with Crippen molar-refractivity contribution in [2.75, 3.05) is 23.3 Å². The van der Waals surface area contributed by atoms with Gasteiger partial charge < -0.3 is 10.2 Å². The number of pyridine rings is 1. The van der Waals surface area contributed by atoms with Crippen molar-refractivity contribution in [2.45, 2.75) is 32.6 Å². The highest BCUT2D eigenvalue weighted by atomic mass is 79.9. The second-order valence-electron chi connectivity index (χ2n) is 6.22.